The Bertz CT molecular complexity index is 457. The quantitative estimate of drug-likeness (QED) is 0.743. The summed E-state index contributed by atoms with van der Waals surface area (Å²) in [6.07, 6.45) is 3.02. The van der Waals surface area contributed by atoms with Gasteiger partial charge in [-0.15, -0.1) is 0 Å². The second-order valence-electron chi connectivity index (χ2n) is 5.01. The highest BCUT2D eigenvalue weighted by Gasteiger charge is 2.16. The minimum Gasteiger partial charge on any atom is -0.481 e. The number of rotatable bonds is 8. The largest absolute Gasteiger partial charge is 0.481 e. The molecule has 1 amide bonds. The van der Waals surface area contributed by atoms with Crippen molar-refractivity contribution >= 4 is 11.9 Å². The Morgan fingerprint density at radius 3 is 2.55 bits per heavy atom. The van der Waals surface area contributed by atoms with E-state index >= 15 is 0 Å². The molecule has 1 aromatic carbocycles. The van der Waals surface area contributed by atoms with Crippen LogP contribution in [0.25, 0.3) is 0 Å². The Morgan fingerprint density at radius 2 is 1.95 bits per heavy atom. The van der Waals surface area contributed by atoms with E-state index in [1.54, 1.807) is 11.0 Å². The van der Waals surface area contributed by atoms with Gasteiger partial charge in [0.15, 0.2) is 0 Å². The summed E-state index contributed by atoms with van der Waals surface area (Å²) in [5, 5.41) is 8.79. The predicted octanol–water partition coefficient (Wildman–Crippen LogP) is 3.10. The average molecular weight is 277 g/mol. The lowest BCUT2D eigenvalue weighted by Crippen LogP contribution is -2.34. The number of unbranched alkanes of at least 4 members (excludes halogenated alkanes) is 2. The number of amides is 1. The van der Waals surface area contributed by atoms with Gasteiger partial charge in [-0.2, -0.15) is 0 Å². The van der Waals surface area contributed by atoms with E-state index in [1.165, 1.54) is 0 Å². The van der Waals surface area contributed by atoms with Gasteiger partial charge in [-0.25, -0.2) is 0 Å². The van der Waals surface area contributed by atoms with E-state index in [0.29, 0.717) is 12.1 Å². The second kappa shape index (κ2) is 8.35. The van der Waals surface area contributed by atoms with Crippen LogP contribution in [0.4, 0.5) is 0 Å². The van der Waals surface area contributed by atoms with Crippen molar-refractivity contribution in [2.24, 2.45) is 0 Å². The number of hydrogen-bond donors (Lipinski definition) is 1. The smallest absolute Gasteiger partial charge is 0.305 e. The highest BCUT2D eigenvalue weighted by atomic mass is 16.4. The Kier molecular flexibility index (Phi) is 6.77. The number of carbonyl (C=O) groups excluding carboxylic acids is 1. The molecular formula is C16H23NO3. The zero-order valence-electron chi connectivity index (χ0n) is 12.3. The van der Waals surface area contributed by atoms with Crippen LogP contribution < -0.4 is 0 Å². The number of carbonyl (C=O) groups is 2. The monoisotopic (exact) mass is 277 g/mol. The van der Waals surface area contributed by atoms with Gasteiger partial charge in [-0.05, 0) is 25.5 Å². The maximum Gasteiger partial charge on any atom is 0.305 e. The molecule has 0 atom stereocenters. The summed E-state index contributed by atoms with van der Waals surface area (Å²) >= 11 is 0. The molecule has 0 bridgehead atoms. The molecule has 1 rings (SSSR count). The van der Waals surface area contributed by atoms with Crippen molar-refractivity contribution < 1.29 is 14.7 Å². The van der Waals surface area contributed by atoms with Crippen LogP contribution in [0, 0.1) is 6.92 Å². The molecule has 1 N–H and O–H groups in total. The summed E-state index contributed by atoms with van der Waals surface area (Å²) in [5.74, 6) is -0.950. The molecule has 0 saturated heterocycles. The number of benzene rings is 1. The first kappa shape index (κ1) is 16.2. The van der Waals surface area contributed by atoms with Crippen LogP contribution in [0.3, 0.4) is 0 Å². The maximum atomic E-state index is 12.4. The number of aryl methyl sites for hydroxylation is 1. The number of nitrogens with zero attached hydrogens (tertiary/aromatic N) is 1. The summed E-state index contributed by atoms with van der Waals surface area (Å²) in [4.78, 5) is 24.8. The molecule has 20 heavy (non-hydrogen) atoms. The molecule has 1 aromatic rings. The molecule has 0 spiro atoms. The van der Waals surface area contributed by atoms with Crippen LogP contribution in [0.15, 0.2) is 24.3 Å². The fourth-order valence-electron chi connectivity index (χ4n) is 2.06. The molecule has 110 valence electrons. The first-order chi connectivity index (χ1) is 9.54. The first-order valence-corrected chi connectivity index (χ1v) is 7.12. The molecule has 0 saturated carbocycles. The third kappa shape index (κ3) is 5.43. The van der Waals surface area contributed by atoms with E-state index in [0.717, 1.165) is 24.8 Å². The fraction of sp³-hybridized carbons (Fsp3) is 0.500. The van der Waals surface area contributed by atoms with Gasteiger partial charge >= 0.3 is 5.97 Å². The van der Waals surface area contributed by atoms with Gasteiger partial charge in [-0.1, -0.05) is 37.5 Å². The van der Waals surface area contributed by atoms with Gasteiger partial charge in [0.1, 0.15) is 0 Å². The normalized spacial score (nSPS) is 10.3. The lowest BCUT2D eigenvalue weighted by Gasteiger charge is -2.22. The van der Waals surface area contributed by atoms with Gasteiger partial charge in [0.2, 0.25) is 0 Å². The topological polar surface area (TPSA) is 57.6 Å². The number of carboxylic acid groups (broad SMARTS) is 1. The third-order valence-corrected chi connectivity index (χ3v) is 3.18. The number of aliphatic carboxylic acids is 1. The van der Waals surface area contributed by atoms with E-state index in [4.69, 9.17) is 5.11 Å². The predicted molar refractivity (Wildman–Crippen MR) is 78.9 cm³/mol. The van der Waals surface area contributed by atoms with Gasteiger partial charge in [0.05, 0.1) is 6.42 Å². The molecule has 0 heterocycles. The SMILES string of the molecule is CCCCCN(CCC(=O)O)C(=O)c1cccc(C)c1. The van der Waals surface area contributed by atoms with Crippen LogP contribution in [-0.4, -0.2) is 35.0 Å². The van der Waals surface area contributed by atoms with Crippen LogP contribution in [0.5, 0.6) is 0 Å². The van der Waals surface area contributed by atoms with Crippen LogP contribution >= 0.6 is 0 Å². The van der Waals surface area contributed by atoms with E-state index in [2.05, 4.69) is 6.92 Å². The Hall–Kier alpha value is -1.84. The molecule has 0 aliphatic rings. The lowest BCUT2D eigenvalue weighted by atomic mass is 10.1. The molecule has 4 heteroatoms. The minimum absolute atomic E-state index is 0.0102. The molecule has 0 fully saturated rings. The molecule has 4 nitrogen and oxygen atoms in total. The van der Waals surface area contributed by atoms with E-state index in [-0.39, 0.29) is 18.9 Å². The zero-order chi connectivity index (χ0) is 15.0. The van der Waals surface area contributed by atoms with Crippen molar-refractivity contribution in [2.45, 2.75) is 39.5 Å². The summed E-state index contributed by atoms with van der Waals surface area (Å²) < 4.78 is 0. The summed E-state index contributed by atoms with van der Waals surface area (Å²) in [5.41, 5.74) is 1.66. The Morgan fingerprint density at radius 1 is 1.20 bits per heavy atom. The molecule has 0 aliphatic heterocycles. The van der Waals surface area contributed by atoms with Crippen LogP contribution in [-0.2, 0) is 4.79 Å². The summed E-state index contributed by atoms with van der Waals surface area (Å²) in [6, 6.07) is 7.41. The first-order valence-electron chi connectivity index (χ1n) is 7.12. The van der Waals surface area contributed by atoms with Gasteiger partial charge in [0.25, 0.3) is 5.91 Å². The van der Waals surface area contributed by atoms with E-state index < -0.39 is 5.97 Å². The second-order valence-corrected chi connectivity index (χ2v) is 5.01. The van der Waals surface area contributed by atoms with Crippen molar-refractivity contribution in [3.8, 4) is 0 Å². The molecule has 0 unspecified atom stereocenters. The van der Waals surface area contributed by atoms with Gasteiger partial charge in [-0.3, -0.25) is 9.59 Å². The molecule has 0 radical (unpaired) electrons. The van der Waals surface area contributed by atoms with Crippen LogP contribution in [0.2, 0.25) is 0 Å². The Labute approximate surface area is 120 Å². The highest BCUT2D eigenvalue weighted by molar-refractivity contribution is 5.94. The average Bonchev–Trinajstić information content (AvgIpc) is 2.41. The van der Waals surface area contributed by atoms with Crippen molar-refractivity contribution in [1.29, 1.82) is 0 Å². The zero-order valence-corrected chi connectivity index (χ0v) is 12.3. The lowest BCUT2D eigenvalue weighted by molar-refractivity contribution is -0.137. The van der Waals surface area contributed by atoms with E-state index in [9.17, 15) is 9.59 Å². The minimum atomic E-state index is -0.873. The number of hydrogen-bond acceptors (Lipinski definition) is 2. The molecule has 0 aromatic heterocycles. The third-order valence-electron chi connectivity index (χ3n) is 3.18. The van der Waals surface area contributed by atoms with Crippen LogP contribution in [0.1, 0.15) is 48.5 Å². The van der Waals surface area contributed by atoms with Crippen molar-refractivity contribution in [1.82, 2.24) is 4.90 Å². The summed E-state index contributed by atoms with van der Waals surface area (Å²) in [6.45, 7) is 4.93. The van der Waals surface area contributed by atoms with Crippen molar-refractivity contribution in [3.63, 3.8) is 0 Å². The van der Waals surface area contributed by atoms with Gasteiger partial charge in [0, 0.05) is 18.7 Å². The Balaban J connectivity index is 2.74. The molecule has 0 aliphatic carbocycles. The van der Waals surface area contributed by atoms with E-state index in [1.807, 2.05) is 25.1 Å². The summed E-state index contributed by atoms with van der Waals surface area (Å²) in [7, 11) is 0. The maximum absolute atomic E-state index is 12.4. The number of carboxylic acids is 1. The van der Waals surface area contributed by atoms with Crippen molar-refractivity contribution in [3.05, 3.63) is 35.4 Å². The van der Waals surface area contributed by atoms with Gasteiger partial charge < -0.3 is 10.0 Å². The van der Waals surface area contributed by atoms with Crippen molar-refractivity contribution in [2.75, 3.05) is 13.1 Å². The fourth-order valence-corrected chi connectivity index (χ4v) is 2.06. The highest BCUT2D eigenvalue weighted by Crippen LogP contribution is 2.10. The standard InChI is InChI=1S/C16H23NO3/c1-3-4-5-10-17(11-9-15(18)19)16(20)14-8-6-7-13(2)12-14/h6-8,12H,3-5,9-11H2,1-2H3,(H,18,19). The molecular weight excluding hydrogens is 254 g/mol.